The molecule has 2 aromatic carbocycles. The van der Waals surface area contributed by atoms with Gasteiger partial charge in [-0.25, -0.2) is 0 Å². The predicted molar refractivity (Wildman–Crippen MR) is 136 cm³/mol. The first-order valence-corrected chi connectivity index (χ1v) is 12.1. The molecule has 190 valence electrons. The van der Waals surface area contributed by atoms with Crippen LogP contribution >= 0.6 is 0 Å². The molecule has 9 heteroatoms. The van der Waals surface area contributed by atoms with Crippen LogP contribution in [0.5, 0.6) is 5.75 Å². The third-order valence-corrected chi connectivity index (χ3v) is 6.92. The smallest absolute Gasteiger partial charge is 0.251 e. The highest BCUT2D eigenvalue weighted by Crippen LogP contribution is 2.32. The molecule has 0 bridgehead atoms. The first-order chi connectivity index (χ1) is 17.2. The molecule has 4 rings (SSSR count). The highest BCUT2D eigenvalue weighted by molar-refractivity contribution is 5.98. The Kier molecular flexibility index (Phi) is 7.30. The van der Waals surface area contributed by atoms with E-state index in [1.807, 2.05) is 12.1 Å². The molecular weight excluding hydrogens is 458 g/mol. The molecule has 0 aromatic heterocycles. The van der Waals surface area contributed by atoms with Crippen LogP contribution in [0.3, 0.4) is 0 Å². The fourth-order valence-electron chi connectivity index (χ4n) is 4.88. The topological polar surface area (TPSA) is 137 Å². The summed E-state index contributed by atoms with van der Waals surface area (Å²) in [7, 11) is 1.70. The fraction of sp³-hybridized carbons (Fsp3) is 0.370. The van der Waals surface area contributed by atoms with Crippen LogP contribution in [0.25, 0.3) is 0 Å². The standard InChI is InChI=1S/C27H33N5O4/c1-17-29-26(36)27(31-17)11-10-19-15-20(6-7-21(19)16-27)24(34)30-23(25(35)32(2)13-3-12-28)14-18-4-8-22(33)9-5-18/h4-9,15,23,31,33H,1,3,10-14,16,28H2,2H3,(H,29,36)(H,30,34)/t23-,27?/m1/s1. The van der Waals surface area contributed by atoms with Gasteiger partial charge >= 0.3 is 0 Å². The second kappa shape index (κ2) is 10.4. The summed E-state index contributed by atoms with van der Waals surface area (Å²) in [6.07, 6.45) is 2.71. The number of hydrogen-bond donors (Lipinski definition) is 5. The highest BCUT2D eigenvalue weighted by Gasteiger charge is 2.45. The van der Waals surface area contributed by atoms with Gasteiger partial charge in [0.05, 0.1) is 5.82 Å². The van der Waals surface area contributed by atoms with Crippen LogP contribution in [-0.4, -0.2) is 59.4 Å². The zero-order valence-electron chi connectivity index (χ0n) is 20.5. The lowest BCUT2D eigenvalue weighted by Crippen LogP contribution is -2.50. The normalized spacial score (nSPS) is 19.3. The highest BCUT2D eigenvalue weighted by atomic mass is 16.3. The molecule has 1 heterocycles. The summed E-state index contributed by atoms with van der Waals surface area (Å²) in [5.74, 6) is 0.0292. The average Bonchev–Trinajstić information content (AvgIpc) is 3.14. The number of phenolic OH excluding ortho intramolecular Hbond substituents is 1. The molecular formula is C27H33N5O4. The summed E-state index contributed by atoms with van der Waals surface area (Å²) in [6, 6.07) is 11.3. The summed E-state index contributed by atoms with van der Waals surface area (Å²) in [6.45, 7) is 4.77. The van der Waals surface area contributed by atoms with Crippen LogP contribution in [0.4, 0.5) is 0 Å². The van der Waals surface area contributed by atoms with Gasteiger partial charge in [0.15, 0.2) is 0 Å². The van der Waals surface area contributed by atoms with Crippen LogP contribution in [0.2, 0.25) is 0 Å². The average molecular weight is 492 g/mol. The van der Waals surface area contributed by atoms with Crippen molar-refractivity contribution < 1.29 is 19.5 Å². The number of benzene rings is 2. The number of fused-ring (bicyclic) bond motifs is 1. The zero-order valence-corrected chi connectivity index (χ0v) is 20.5. The Morgan fingerprint density at radius 3 is 2.64 bits per heavy atom. The SMILES string of the molecule is C=C1NC(=O)C2(CCc3cc(C(=O)N[C@H](Cc4ccc(O)cc4)C(=O)N(C)CCCN)ccc3C2)N1. The minimum absolute atomic E-state index is 0.0747. The summed E-state index contributed by atoms with van der Waals surface area (Å²) in [5, 5.41) is 18.4. The number of aromatic hydroxyl groups is 1. The number of rotatable bonds is 8. The number of phenols is 1. The molecule has 1 unspecified atom stereocenters. The minimum atomic E-state index is -0.776. The van der Waals surface area contributed by atoms with Crippen molar-refractivity contribution in [1.82, 2.24) is 20.9 Å². The molecule has 1 spiro atoms. The quantitative estimate of drug-likeness (QED) is 0.373. The lowest BCUT2D eigenvalue weighted by atomic mass is 9.77. The number of hydrogen-bond acceptors (Lipinski definition) is 6. The van der Waals surface area contributed by atoms with E-state index >= 15 is 0 Å². The summed E-state index contributed by atoms with van der Waals surface area (Å²) in [5.41, 5.74) is 8.21. The molecule has 1 saturated heterocycles. The van der Waals surface area contributed by atoms with E-state index in [0.29, 0.717) is 50.2 Å². The van der Waals surface area contributed by atoms with Crippen LogP contribution in [0, 0.1) is 0 Å². The Bertz CT molecular complexity index is 1180. The van der Waals surface area contributed by atoms with Crippen molar-refractivity contribution in [2.45, 2.75) is 43.7 Å². The van der Waals surface area contributed by atoms with Crippen LogP contribution < -0.4 is 21.7 Å². The maximum absolute atomic E-state index is 13.2. The van der Waals surface area contributed by atoms with Gasteiger partial charge in [0.2, 0.25) is 5.91 Å². The van der Waals surface area contributed by atoms with E-state index in [0.717, 1.165) is 16.7 Å². The van der Waals surface area contributed by atoms with E-state index in [-0.39, 0.29) is 29.9 Å². The number of carbonyl (C=O) groups is 3. The number of likely N-dealkylation sites (N-methyl/N-ethyl adjacent to an activating group) is 1. The van der Waals surface area contributed by atoms with Crippen molar-refractivity contribution in [1.29, 1.82) is 0 Å². The predicted octanol–water partition coefficient (Wildman–Crippen LogP) is 0.959. The molecule has 2 atom stereocenters. The van der Waals surface area contributed by atoms with Crippen molar-refractivity contribution in [2.24, 2.45) is 5.73 Å². The Morgan fingerprint density at radius 1 is 1.22 bits per heavy atom. The Labute approximate surface area is 210 Å². The molecule has 6 N–H and O–H groups in total. The molecule has 0 saturated carbocycles. The zero-order chi connectivity index (χ0) is 25.9. The van der Waals surface area contributed by atoms with Gasteiger partial charge in [0.25, 0.3) is 11.8 Å². The molecule has 9 nitrogen and oxygen atoms in total. The maximum Gasteiger partial charge on any atom is 0.251 e. The van der Waals surface area contributed by atoms with Gasteiger partial charge in [-0.15, -0.1) is 0 Å². The van der Waals surface area contributed by atoms with E-state index < -0.39 is 11.6 Å². The van der Waals surface area contributed by atoms with E-state index in [9.17, 15) is 19.5 Å². The second-order valence-electron chi connectivity index (χ2n) is 9.60. The number of carbonyl (C=O) groups excluding carboxylic acids is 3. The summed E-state index contributed by atoms with van der Waals surface area (Å²) < 4.78 is 0. The van der Waals surface area contributed by atoms with Crippen molar-refractivity contribution in [3.63, 3.8) is 0 Å². The Morgan fingerprint density at radius 2 is 1.97 bits per heavy atom. The van der Waals surface area contributed by atoms with E-state index in [1.165, 1.54) is 0 Å². The molecule has 0 radical (unpaired) electrons. The fourth-order valence-corrected chi connectivity index (χ4v) is 4.88. The molecule has 36 heavy (non-hydrogen) atoms. The number of nitrogens with one attached hydrogen (secondary N) is 3. The van der Waals surface area contributed by atoms with E-state index in [4.69, 9.17) is 5.73 Å². The van der Waals surface area contributed by atoms with Crippen LogP contribution in [-0.2, 0) is 28.9 Å². The van der Waals surface area contributed by atoms with E-state index in [2.05, 4.69) is 22.5 Å². The summed E-state index contributed by atoms with van der Waals surface area (Å²) >= 11 is 0. The van der Waals surface area contributed by atoms with Crippen molar-refractivity contribution >= 4 is 17.7 Å². The Balaban J connectivity index is 1.51. The molecule has 3 amide bonds. The van der Waals surface area contributed by atoms with Crippen LogP contribution in [0.1, 0.15) is 39.9 Å². The van der Waals surface area contributed by atoms with Gasteiger partial charge in [-0.3, -0.25) is 14.4 Å². The maximum atomic E-state index is 13.2. The number of aryl methyl sites for hydroxylation is 1. The first-order valence-electron chi connectivity index (χ1n) is 12.1. The van der Waals surface area contributed by atoms with Crippen molar-refractivity contribution in [2.75, 3.05) is 20.1 Å². The Hall–Kier alpha value is -3.85. The minimum Gasteiger partial charge on any atom is -0.508 e. The third kappa shape index (κ3) is 5.36. The van der Waals surface area contributed by atoms with Gasteiger partial charge in [0, 0.05) is 32.0 Å². The van der Waals surface area contributed by atoms with Crippen molar-refractivity contribution in [3.05, 3.63) is 77.1 Å². The lowest BCUT2D eigenvalue weighted by Gasteiger charge is -2.32. The third-order valence-electron chi connectivity index (χ3n) is 6.92. The second-order valence-corrected chi connectivity index (χ2v) is 9.60. The summed E-state index contributed by atoms with van der Waals surface area (Å²) in [4.78, 5) is 40.5. The lowest BCUT2D eigenvalue weighted by molar-refractivity contribution is -0.132. The first kappa shape index (κ1) is 25.2. The molecule has 1 aliphatic heterocycles. The molecule has 1 aliphatic carbocycles. The van der Waals surface area contributed by atoms with Crippen LogP contribution in [0.15, 0.2) is 54.9 Å². The number of amides is 3. The largest absolute Gasteiger partial charge is 0.508 e. The molecule has 1 fully saturated rings. The van der Waals surface area contributed by atoms with Gasteiger partial charge in [-0.2, -0.15) is 0 Å². The van der Waals surface area contributed by atoms with E-state index in [1.54, 1.807) is 42.3 Å². The van der Waals surface area contributed by atoms with Gasteiger partial charge in [-0.1, -0.05) is 24.8 Å². The van der Waals surface area contributed by atoms with Gasteiger partial charge in [-0.05, 0) is 66.8 Å². The van der Waals surface area contributed by atoms with Crippen molar-refractivity contribution in [3.8, 4) is 5.75 Å². The number of nitrogens with two attached hydrogens (primary N) is 1. The molecule has 2 aliphatic rings. The van der Waals surface area contributed by atoms with Gasteiger partial charge < -0.3 is 31.7 Å². The monoisotopic (exact) mass is 491 g/mol. The molecule has 2 aromatic rings. The van der Waals surface area contributed by atoms with Gasteiger partial charge in [0.1, 0.15) is 17.3 Å². The number of nitrogens with zero attached hydrogens (tertiary/aromatic N) is 1.